The molecule has 1 aromatic rings. The van der Waals surface area contributed by atoms with Crippen LogP contribution in [0, 0.1) is 0 Å². The Labute approximate surface area is 114 Å². The standard InChI is InChI=1S/C15H20O4/c1-4-5-8-19-15(16)7-6-12-9-13(17-2)11-14(10-12)18-3/h6-7,9-11H,4-5,8H2,1-3H3/b7-6+. The molecule has 4 heteroatoms. The highest BCUT2D eigenvalue weighted by molar-refractivity contribution is 5.87. The lowest BCUT2D eigenvalue weighted by Crippen LogP contribution is -2.01. The van der Waals surface area contributed by atoms with Gasteiger partial charge in [0.05, 0.1) is 20.8 Å². The Balaban J connectivity index is 2.67. The molecule has 0 fully saturated rings. The van der Waals surface area contributed by atoms with E-state index in [2.05, 4.69) is 0 Å². The zero-order valence-corrected chi connectivity index (χ0v) is 11.6. The monoisotopic (exact) mass is 264 g/mol. The summed E-state index contributed by atoms with van der Waals surface area (Å²) in [6.07, 6.45) is 4.97. The van der Waals surface area contributed by atoms with Crippen LogP contribution in [0.25, 0.3) is 6.08 Å². The van der Waals surface area contributed by atoms with Crippen LogP contribution in [0.15, 0.2) is 24.3 Å². The molecule has 0 heterocycles. The average Bonchev–Trinajstić information content (AvgIpc) is 2.45. The van der Waals surface area contributed by atoms with Gasteiger partial charge in [-0.3, -0.25) is 0 Å². The van der Waals surface area contributed by atoms with Crippen molar-refractivity contribution < 1.29 is 19.0 Å². The smallest absolute Gasteiger partial charge is 0.330 e. The fourth-order valence-electron chi connectivity index (χ4n) is 1.46. The first kappa shape index (κ1) is 15.1. The van der Waals surface area contributed by atoms with Crippen LogP contribution in [0.5, 0.6) is 11.5 Å². The molecule has 0 spiro atoms. The molecule has 0 aromatic heterocycles. The van der Waals surface area contributed by atoms with E-state index in [9.17, 15) is 4.79 Å². The summed E-state index contributed by atoms with van der Waals surface area (Å²) in [6, 6.07) is 5.41. The molecule has 104 valence electrons. The van der Waals surface area contributed by atoms with Crippen molar-refractivity contribution in [3.05, 3.63) is 29.8 Å². The zero-order valence-electron chi connectivity index (χ0n) is 11.6. The van der Waals surface area contributed by atoms with Crippen LogP contribution in [0.1, 0.15) is 25.3 Å². The second kappa shape index (κ2) is 8.19. The first-order chi connectivity index (χ1) is 9.19. The molecule has 19 heavy (non-hydrogen) atoms. The number of hydrogen-bond donors (Lipinski definition) is 0. The zero-order chi connectivity index (χ0) is 14.1. The lowest BCUT2D eigenvalue weighted by Gasteiger charge is -2.05. The van der Waals surface area contributed by atoms with Gasteiger partial charge in [-0.25, -0.2) is 4.79 Å². The highest BCUT2D eigenvalue weighted by Gasteiger charge is 2.01. The van der Waals surface area contributed by atoms with Gasteiger partial charge in [0.15, 0.2) is 0 Å². The summed E-state index contributed by atoms with van der Waals surface area (Å²) in [7, 11) is 3.17. The van der Waals surface area contributed by atoms with Crippen molar-refractivity contribution >= 4 is 12.0 Å². The van der Waals surface area contributed by atoms with E-state index < -0.39 is 0 Å². The molecule has 0 radical (unpaired) electrons. The molecule has 0 amide bonds. The van der Waals surface area contributed by atoms with E-state index in [1.54, 1.807) is 26.4 Å². The Morgan fingerprint density at radius 2 is 1.79 bits per heavy atom. The molecule has 0 saturated carbocycles. The number of carbonyl (C=O) groups excluding carboxylic acids is 1. The third-order valence-corrected chi connectivity index (χ3v) is 2.53. The molecular formula is C15H20O4. The van der Waals surface area contributed by atoms with Crippen LogP contribution >= 0.6 is 0 Å². The maximum Gasteiger partial charge on any atom is 0.330 e. The number of unbranched alkanes of at least 4 members (excludes halogenated alkanes) is 1. The molecule has 0 aliphatic rings. The normalized spacial score (nSPS) is 10.5. The first-order valence-electron chi connectivity index (χ1n) is 6.27. The summed E-state index contributed by atoms with van der Waals surface area (Å²) in [5, 5.41) is 0. The molecular weight excluding hydrogens is 244 g/mol. The molecule has 0 atom stereocenters. The topological polar surface area (TPSA) is 44.8 Å². The molecule has 4 nitrogen and oxygen atoms in total. The molecule has 1 rings (SSSR count). The van der Waals surface area contributed by atoms with Gasteiger partial charge in [0.1, 0.15) is 11.5 Å². The van der Waals surface area contributed by atoms with Crippen molar-refractivity contribution in [3.63, 3.8) is 0 Å². The molecule has 0 saturated heterocycles. The van der Waals surface area contributed by atoms with Crippen LogP contribution in [-0.2, 0) is 9.53 Å². The van der Waals surface area contributed by atoms with E-state index in [1.807, 2.05) is 19.1 Å². The Morgan fingerprint density at radius 1 is 1.16 bits per heavy atom. The highest BCUT2D eigenvalue weighted by atomic mass is 16.5. The van der Waals surface area contributed by atoms with E-state index in [1.165, 1.54) is 6.08 Å². The van der Waals surface area contributed by atoms with Crippen LogP contribution in [-0.4, -0.2) is 26.8 Å². The van der Waals surface area contributed by atoms with Crippen molar-refractivity contribution in [2.75, 3.05) is 20.8 Å². The number of esters is 1. The predicted molar refractivity (Wildman–Crippen MR) is 74.4 cm³/mol. The van der Waals surface area contributed by atoms with Crippen LogP contribution in [0.4, 0.5) is 0 Å². The third kappa shape index (κ3) is 5.46. The largest absolute Gasteiger partial charge is 0.497 e. The summed E-state index contributed by atoms with van der Waals surface area (Å²) in [5.74, 6) is 1.02. The minimum atomic E-state index is -0.338. The Kier molecular flexibility index (Phi) is 6.50. The van der Waals surface area contributed by atoms with Gasteiger partial charge in [-0.2, -0.15) is 0 Å². The van der Waals surface area contributed by atoms with Crippen LogP contribution in [0.2, 0.25) is 0 Å². The number of ether oxygens (including phenoxy) is 3. The summed E-state index contributed by atoms with van der Waals surface area (Å²) < 4.78 is 15.3. The highest BCUT2D eigenvalue weighted by Crippen LogP contribution is 2.23. The van der Waals surface area contributed by atoms with Gasteiger partial charge in [0.25, 0.3) is 0 Å². The minimum Gasteiger partial charge on any atom is -0.497 e. The number of methoxy groups -OCH3 is 2. The van der Waals surface area contributed by atoms with Gasteiger partial charge in [-0.05, 0) is 30.2 Å². The van der Waals surface area contributed by atoms with Gasteiger partial charge in [-0.15, -0.1) is 0 Å². The molecule has 0 unspecified atom stereocenters. The Morgan fingerprint density at radius 3 is 2.32 bits per heavy atom. The van der Waals surface area contributed by atoms with Crippen LogP contribution in [0.3, 0.4) is 0 Å². The maximum absolute atomic E-state index is 11.4. The van der Waals surface area contributed by atoms with E-state index in [0.29, 0.717) is 18.1 Å². The van der Waals surface area contributed by atoms with Gasteiger partial charge >= 0.3 is 5.97 Å². The molecule has 1 aromatic carbocycles. The molecule has 0 aliphatic carbocycles. The Hall–Kier alpha value is -1.97. The summed E-state index contributed by atoms with van der Waals surface area (Å²) in [6.45, 7) is 2.51. The van der Waals surface area contributed by atoms with Crippen LogP contribution < -0.4 is 9.47 Å². The van der Waals surface area contributed by atoms with Gasteiger partial charge in [-0.1, -0.05) is 13.3 Å². The summed E-state index contributed by atoms with van der Waals surface area (Å²) in [4.78, 5) is 11.4. The summed E-state index contributed by atoms with van der Waals surface area (Å²) >= 11 is 0. The van der Waals surface area contributed by atoms with E-state index in [-0.39, 0.29) is 5.97 Å². The van der Waals surface area contributed by atoms with E-state index in [4.69, 9.17) is 14.2 Å². The van der Waals surface area contributed by atoms with Crippen molar-refractivity contribution in [2.45, 2.75) is 19.8 Å². The van der Waals surface area contributed by atoms with Gasteiger partial charge < -0.3 is 14.2 Å². The SMILES string of the molecule is CCCCOC(=O)/C=C/c1cc(OC)cc(OC)c1. The van der Waals surface area contributed by atoms with Crippen molar-refractivity contribution in [1.29, 1.82) is 0 Å². The Bertz CT molecular complexity index is 416. The molecule has 0 aliphatic heterocycles. The third-order valence-electron chi connectivity index (χ3n) is 2.53. The van der Waals surface area contributed by atoms with Crippen molar-refractivity contribution in [2.24, 2.45) is 0 Å². The second-order valence-electron chi connectivity index (χ2n) is 4.00. The van der Waals surface area contributed by atoms with Gasteiger partial charge in [0, 0.05) is 12.1 Å². The number of hydrogen-bond acceptors (Lipinski definition) is 4. The lowest BCUT2D eigenvalue weighted by atomic mass is 10.2. The number of benzene rings is 1. The second-order valence-corrected chi connectivity index (χ2v) is 4.00. The fourth-order valence-corrected chi connectivity index (χ4v) is 1.46. The average molecular weight is 264 g/mol. The van der Waals surface area contributed by atoms with Crippen molar-refractivity contribution in [1.82, 2.24) is 0 Å². The lowest BCUT2D eigenvalue weighted by molar-refractivity contribution is -0.137. The predicted octanol–water partition coefficient (Wildman–Crippen LogP) is 3.06. The molecule has 0 bridgehead atoms. The number of rotatable bonds is 7. The number of carbonyl (C=O) groups is 1. The van der Waals surface area contributed by atoms with Crippen molar-refractivity contribution in [3.8, 4) is 11.5 Å². The van der Waals surface area contributed by atoms with Gasteiger partial charge in [0.2, 0.25) is 0 Å². The molecule has 0 N–H and O–H groups in total. The fraction of sp³-hybridized carbons (Fsp3) is 0.400. The summed E-state index contributed by atoms with van der Waals surface area (Å²) in [5.41, 5.74) is 0.823. The first-order valence-corrected chi connectivity index (χ1v) is 6.27. The quantitative estimate of drug-likeness (QED) is 0.431. The minimum absolute atomic E-state index is 0.338. The van der Waals surface area contributed by atoms with E-state index in [0.717, 1.165) is 18.4 Å². The maximum atomic E-state index is 11.4. The van der Waals surface area contributed by atoms with E-state index >= 15 is 0 Å².